The molecule has 0 saturated carbocycles. The highest BCUT2D eigenvalue weighted by molar-refractivity contribution is 5.51. The highest BCUT2D eigenvalue weighted by Gasteiger charge is 2.11. The van der Waals surface area contributed by atoms with Crippen LogP contribution in [0.15, 0.2) is 42.6 Å². The van der Waals surface area contributed by atoms with Gasteiger partial charge in [0.25, 0.3) is 0 Å². The lowest BCUT2D eigenvalue weighted by Gasteiger charge is -2.22. The van der Waals surface area contributed by atoms with Crippen LogP contribution in [-0.4, -0.2) is 18.1 Å². The van der Waals surface area contributed by atoms with Gasteiger partial charge in [-0.15, -0.1) is 0 Å². The number of rotatable bonds is 6. The summed E-state index contributed by atoms with van der Waals surface area (Å²) in [6.07, 6.45) is 1.92. The number of benzene rings is 1. The molecule has 112 valence electrons. The molecule has 1 aromatic heterocycles. The number of nitrogens with two attached hydrogens (primary N) is 1. The Hall–Kier alpha value is -2.07. The average molecular weight is 285 g/mol. The molecule has 4 nitrogen and oxygen atoms in total. The van der Waals surface area contributed by atoms with E-state index >= 15 is 0 Å². The number of nitrogens with zero attached hydrogens (tertiary/aromatic N) is 2. The predicted octanol–water partition coefficient (Wildman–Crippen LogP) is 2.96. The first kappa shape index (κ1) is 15.3. The van der Waals surface area contributed by atoms with Crippen molar-refractivity contribution in [3.8, 4) is 5.75 Å². The smallest absolute Gasteiger partial charge is 0.171 e. The van der Waals surface area contributed by atoms with E-state index in [2.05, 4.69) is 34.1 Å². The molecule has 0 aliphatic rings. The maximum absolute atomic E-state index is 5.82. The second-order valence-corrected chi connectivity index (χ2v) is 5.37. The van der Waals surface area contributed by atoms with E-state index in [0.717, 1.165) is 23.7 Å². The predicted molar refractivity (Wildman–Crippen MR) is 86.4 cm³/mol. The first-order valence-corrected chi connectivity index (χ1v) is 7.21. The van der Waals surface area contributed by atoms with Crippen LogP contribution in [0.2, 0.25) is 0 Å². The highest BCUT2D eigenvalue weighted by Crippen LogP contribution is 2.26. The van der Waals surface area contributed by atoms with Gasteiger partial charge in [0.1, 0.15) is 0 Å². The Kier molecular flexibility index (Phi) is 5.17. The number of anilines is 1. The molecule has 1 heterocycles. The van der Waals surface area contributed by atoms with E-state index in [9.17, 15) is 0 Å². The molecule has 0 saturated heterocycles. The van der Waals surface area contributed by atoms with Crippen LogP contribution >= 0.6 is 0 Å². The Bertz CT molecular complexity index is 567. The molecule has 1 aromatic carbocycles. The minimum absolute atomic E-state index is 0.130. The summed E-state index contributed by atoms with van der Waals surface area (Å²) in [6.45, 7) is 5.38. The molecular weight excluding hydrogens is 262 g/mol. The first-order chi connectivity index (χ1) is 10.1. The monoisotopic (exact) mass is 285 g/mol. The Balaban J connectivity index is 2.13. The maximum Gasteiger partial charge on any atom is 0.171 e. The van der Waals surface area contributed by atoms with Crippen LogP contribution in [0.5, 0.6) is 5.75 Å². The van der Waals surface area contributed by atoms with Gasteiger partial charge < -0.3 is 15.4 Å². The van der Waals surface area contributed by atoms with Crippen molar-refractivity contribution >= 4 is 5.82 Å². The standard InChI is InChI=1S/C17H23N3O/c1-13(2)21-16-5-4-10-19-17(16)20(3)12-15-8-6-14(11-18)7-9-15/h4-10,13H,11-12,18H2,1-3H3. The number of hydrogen-bond acceptors (Lipinski definition) is 4. The zero-order valence-corrected chi connectivity index (χ0v) is 12.9. The topological polar surface area (TPSA) is 51.4 Å². The van der Waals surface area contributed by atoms with Crippen LogP contribution in [0.4, 0.5) is 5.82 Å². The summed E-state index contributed by atoms with van der Waals surface area (Å²) in [7, 11) is 2.02. The Morgan fingerprint density at radius 1 is 1.14 bits per heavy atom. The van der Waals surface area contributed by atoms with Crippen molar-refractivity contribution in [2.24, 2.45) is 5.73 Å². The maximum atomic E-state index is 5.82. The van der Waals surface area contributed by atoms with Crippen molar-refractivity contribution < 1.29 is 4.74 Å². The van der Waals surface area contributed by atoms with Gasteiger partial charge in [-0.25, -0.2) is 4.98 Å². The fourth-order valence-electron chi connectivity index (χ4n) is 2.14. The van der Waals surface area contributed by atoms with E-state index in [4.69, 9.17) is 10.5 Å². The molecular formula is C17H23N3O. The van der Waals surface area contributed by atoms with E-state index in [1.807, 2.05) is 33.0 Å². The second-order valence-electron chi connectivity index (χ2n) is 5.37. The third-order valence-electron chi connectivity index (χ3n) is 3.15. The molecule has 0 aliphatic carbocycles. The Morgan fingerprint density at radius 2 is 1.81 bits per heavy atom. The summed E-state index contributed by atoms with van der Waals surface area (Å²) in [5, 5.41) is 0. The van der Waals surface area contributed by atoms with Crippen molar-refractivity contribution in [1.29, 1.82) is 0 Å². The van der Waals surface area contributed by atoms with Crippen molar-refractivity contribution in [1.82, 2.24) is 4.98 Å². The van der Waals surface area contributed by atoms with Crippen molar-refractivity contribution in [3.63, 3.8) is 0 Å². The van der Waals surface area contributed by atoms with Gasteiger partial charge in [0.15, 0.2) is 11.6 Å². The summed E-state index contributed by atoms with van der Waals surface area (Å²) < 4.78 is 5.82. The van der Waals surface area contributed by atoms with Crippen LogP contribution < -0.4 is 15.4 Å². The molecule has 0 spiro atoms. The molecule has 2 rings (SSSR count). The Labute approximate surface area is 126 Å². The highest BCUT2D eigenvalue weighted by atomic mass is 16.5. The van der Waals surface area contributed by atoms with Crippen molar-refractivity contribution in [3.05, 3.63) is 53.7 Å². The molecule has 2 N–H and O–H groups in total. The van der Waals surface area contributed by atoms with Gasteiger partial charge in [-0.3, -0.25) is 0 Å². The lowest BCUT2D eigenvalue weighted by Crippen LogP contribution is -2.19. The van der Waals surface area contributed by atoms with E-state index in [0.29, 0.717) is 6.54 Å². The van der Waals surface area contributed by atoms with Gasteiger partial charge >= 0.3 is 0 Å². The molecule has 0 amide bonds. The lowest BCUT2D eigenvalue weighted by atomic mass is 10.1. The molecule has 0 aliphatic heterocycles. The quantitative estimate of drug-likeness (QED) is 0.886. The summed E-state index contributed by atoms with van der Waals surface area (Å²) in [6, 6.07) is 12.2. The van der Waals surface area contributed by atoms with Crippen molar-refractivity contribution in [2.45, 2.75) is 33.0 Å². The van der Waals surface area contributed by atoms with Gasteiger partial charge in [0.05, 0.1) is 6.10 Å². The molecule has 0 fully saturated rings. The summed E-state index contributed by atoms with van der Waals surface area (Å²) in [4.78, 5) is 6.53. The van der Waals surface area contributed by atoms with Crippen molar-refractivity contribution in [2.75, 3.05) is 11.9 Å². The molecule has 0 bridgehead atoms. The fraction of sp³-hybridized carbons (Fsp3) is 0.353. The SMILES string of the molecule is CC(C)Oc1cccnc1N(C)Cc1ccc(CN)cc1. The van der Waals surface area contributed by atoms with Gasteiger partial charge in [-0.2, -0.15) is 0 Å². The van der Waals surface area contributed by atoms with E-state index in [-0.39, 0.29) is 6.10 Å². The third-order valence-corrected chi connectivity index (χ3v) is 3.15. The number of pyridine rings is 1. The zero-order valence-electron chi connectivity index (χ0n) is 12.9. The van der Waals surface area contributed by atoms with E-state index in [1.165, 1.54) is 5.56 Å². The van der Waals surface area contributed by atoms with Crippen LogP contribution in [0.3, 0.4) is 0 Å². The molecule has 21 heavy (non-hydrogen) atoms. The minimum Gasteiger partial charge on any atom is -0.487 e. The van der Waals surface area contributed by atoms with Crippen LogP contribution in [0, 0.1) is 0 Å². The number of aromatic nitrogens is 1. The molecule has 2 aromatic rings. The van der Waals surface area contributed by atoms with Gasteiger partial charge in [0, 0.05) is 26.3 Å². The number of ether oxygens (including phenoxy) is 1. The summed E-state index contributed by atoms with van der Waals surface area (Å²) in [5.41, 5.74) is 7.98. The molecule has 0 unspecified atom stereocenters. The average Bonchev–Trinajstić information content (AvgIpc) is 2.48. The van der Waals surface area contributed by atoms with Gasteiger partial charge in [0.2, 0.25) is 0 Å². The largest absolute Gasteiger partial charge is 0.487 e. The number of hydrogen-bond donors (Lipinski definition) is 1. The molecule has 0 radical (unpaired) electrons. The minimum atomic E-state index is 0.130. The second kappa shape index (κ2) is 7.09. The Morgan fingerprint density at radius 3 is 2.43 bits per heavy atom. The van der Waals surface area contributed by atoms with E-state index < -0.39 is 0 Å². The van der Waals surface area contributed by atoms with Gasteiger partial charge in [-0.05, 0) is 37.1 Å². The summed E-state index contributed by atoms with van der Waals surface area (Å²) >= 11 is 0. The first-order valence-electron chi connectivity index (χ1n) is 7.21. The van der Waals surface area contributed by atoms with Crippen LogP contribution in [0.1, 0.15) is 25.0 Å². The molecule has 4 heteroatoms. The fourth-order valence-corrected chi connectivity index (χ4v) is 2.14. The zero-order chi connectivity index (χ0) is 15.2. The third kappa shape index (κ3) is 4.20. The molecule has 0 atom stereocenters. The summed E-state index contributed by atoms with van der Waals surface area (Å²) in [5.74, 6) is 1.67. The van der Waals surface area contributed by atoms with Gasteiger partial charge in [-0.1, -0.05) is 24.3 Å². The van der Waals surface area contributed by atoms with Crippen LogP contribution in [0.25, 0.3) is 0 Å². The van der Waals surface area contributed by atoms with E-state index in [1.54, 1.807) is 6.20 Å². The van der Waals surface area contributed by atoms with Crippen LogP contribution in [-0.2, 0) is 13.1 Å². The normalized spacial score (nSPS) is 10.7. The lowest BCUT2D eigenvalue weighted by molar-refractivity contribution is 0.242.